The Bertz CT molecular complexity index is 448. The van der Waals surface area contributed by atoms with Crippen molar-refractivity contribution in [3.8, 4) is 0 Å². The van der Waals surface area contributed by atoms with Gasteiger partial charge in [-0.2, -0.15) is 0 Å². The van der Waals surface area contributed by atoms with Crippen molar-refractivity contribution in [1.29, 1.82) is 0 Å². The molecule has 1 aromatic carbocycles. The molecule has 1 aliphatic rings. The van der Waals surface area contributed by atoms with Crippen LogP contribution in [0.25, 0.3) is 0 Å². The Hall–Kier alpha value is -1.35. The van der Waals surface area contributed by atoms with Gasteiger partial charge >= 0.3 is 5.97 Å². The first-order chi connectivity index (χ1) is 8.37. The minimum absolute atomic E-state index is 0.111. The van der Waals surface area contributed by atoms with E-state index in [-0.39, 0.29) is 11.5 Å². The van der Waals surface area contributed by atoms with Crippen molar-refractivity contribution in [1.82, 2.24) is 4.90 Å². The molecule has 0 aromatic heterocycles. The summed E-state index contributed by atoms with van der Waals surface area (Å²) in [5.74, 6) is -0.714. The quantitative estimate of drug-likeness (QED) is 0.873. The van der Waals surface area contributed by atoms with Crippen LogP contribution in [-0.4, -0.2) is 28.6 Å². The number of nitrogens with zero attached hydrogens (tertiary/aromatic N) is 1. The van der Waals surface area contributed by atoms with E-state index in [1.165, 1.54) is 11.1 Å². The van der Waals surface area contributed by atoms with E-state index in [9.17, 15) is 9.90 Å². The van der Waals surface area contributed by atoms with Gasteiger partial charge < -0.3 is 5.11 Å². The molecule has 0 saturated carbocycles. The van der Waals surface area contributed by atoms with Crippen LogP contribution in [0.3, 0.4) is 0 Å². The Balaban J connectivity index is 2.26. The van der Waals surface area contributed by atoms with Crippen molar-refractivity contribution in [2.75, 3.05) is 6.54 Å². The van der Waals surface area contributed by atoms with Crippen LogP contribution in [0.2, 0.25) is 0 Å². The fourth-order valence-corrected chi connectivity index (χ4v) is 2.60. The van der Waals surface area contributed by atoms with Crippen molar-refractivity contribution in [3.63, 3.8) is 0 Å². The molecule has 3 nitrogen and oxygen atoms in total. The number of rotatable bonds is 2. The van der Waals surface area contributed by atoms with E-state index in [0.29, 0.717) is 6.42 Å². The number of hydrogen-bond acceptors (Lipinski definition) is 2. The highest BCUT2D eigenvalue weighted by Gasteiger charge is 2.33. The molecule has 0 spiro atoms. The van der Waals surface area contributed by atoms with Gasteiger partial charge in [0.25, 0.3) is 0 Å². The van der Waals surface area contributed by atoms with Crippen molar-refractivity contribution in [3.05, 3.63) is 35.4 Å². The third-order valence-corrected chi connectivity index (χ3v) is 3.31. The highest BCUT2D eigenvalue weighted by Crippen LogP contribution is 2.27. The molecule has 0 bridgehead atoms. The Morgan fingerprint density at radius 3 is 2.50 bits per heavy atom. The zero-order chi connectivity index (χ0) is 13.3. The SMILES string of the molecule is CC(C)(C)CN1Cc2ccccc2CC1C(=O)O. The fraction of sp³-hybridized carbons (Fsp3) is 0.533. The van der Waals surface area contributed by atoms with E-state index in [0.717, 1.165) is 13.1 Å². The average Bonchev–Trinajstić information content (AvgIpc) is 2.25. The Morgan fingerprint density at radius 2 is 1.94 bits per heavy atom. The summed E-state index contributed by atoms with van der Waals surface area (Å²) >= 11 is 0. The van der Waals surface area contributed by atoms with Gasteiger partial charge in [-0.15, -0.1) is 0 Å². The van der Waals surface area contributed by atoms with Crippen LogP contribution in [-0.2, 0) is 17.8 Å². The van der Waals surface area contributed by atoms with Gasteiger partial charge in [0.1, 0.15) is 6.04 Å². The van der Waals surface area contributed by atoms with Crippen molar-refractivity contribution in [2.24, 2.45) is 5.41 Å². The lowest BCUT2D eigenvalue weighted by Crippen LogP contribution is -2.48. The number of fused-ring (bicyclic) bond motifs is 1. The Kier molecular flexibility index (Phi) is 3.44. The van der Waals surface area contributed by atoms with E-state index >= 15 is 0 Å². The van der Waals surface area contributed by atoms with Gasteiger partial charge in [0, 0.05) is 13.1 Å². The molecule has 0 saturated heterocycles. The summed E-state index contributed by atoms with van der Waals surface area (Å²) in [5, 5.41) is 9.39. The summed E-state index contributed by atoms with van der Waals surface area (Å²) in [4.78, 5) is 13.5. The van der Waals surface area contributed by atoms with E-state index in [4.69, 9.17) is 0 Å². The second kappa shape index (κ2) is 4.73. The highest BCUT2D eigenvalue weighted by atomic mass is 16.4. The first kappa shape index (κ1) is 13.1. The topological polar surface area (TPSA) is 40.5 Å². The number of aliphatic carboxylic acids is 1. The molecule has 18 heavy (non-hydrogen) atoms. The number of carboxylic acids is 1. The molecule has 3 heteroatoms. The highest BCUT2D eigenvalue weighted by molar-refractivity contribution is 5.74. The third kappa shape index (κ3) is 2.91. The number of carbonyl (C=O) groups is 1. The van der Waals surface area contributed by atoms with Crippen LogP contribution in [0.4, 0.5) is 0 Å². The van der Waals surface area contributed by atoms with Crippen LogP contribution in [0, 0.1) is 5.41 Å². The maximum Gasteiger partial charge on any atom is 0.321 e. The predicted octanol–water partition coefficient (Wildman–Crippen LogP) is 2.54. The molecule has 98 valence electrons. The molecule has 0 aliphatic carbocycles. The van der Waals surface area contributed by atoms with Gasteiger partial charge in [0.15, 0.2) is 0 Å². The molecule has 0 amide bonds. The zero-order valence-corrected chi connectivity index (χ0v) is 11.3. The molecular formula is C15H21NO2. The molecule has 0 radical (unpaired) electrons. The van der Waals surface area contributed by atoms with Crippen molar-refractivity contribution < 1.29 is 9.90 Å². The predicted molar refractivity (Wildman–Crippen MR) is 71.4 cm³/mol. The first-order valence-corrected chi connectivity index (χ1v) is 6.40. The van der Waals surface area contributed by atoms with E-state index < -0.39 is 5.97 Å². The molecule has 2 rings (SSSR count). The van der Waals surface area contributed by atoms with Crippen LogP contribution >= 0.6 is 0 Å². The van der Waals surface area contributed by atoms with Crippen LogP contribution in [0.1, 0.15) is 31.9 Å². The Morgan fingerprint density at radius 1 is 1.33 bits per heavy atom. The second-order valence-electron chi connectivity index (χ2n) is 6.29. The molecule has 1 heterocycles. The largest absolute Gasteiger partial charge is 0.480 e. The summed E-state index contributed by atoms with van der Waals surface area (Å²) in [6, 6.07) is 7.76. The summed E-state index contributed by atoms with van der Waals surface area (Å²) in [7, 11) is 0. The van der Waals surface area contributed by atoms with Crippen molar-refractivity contribution in [2.45, 2.75) is 39.8 Å². The molecule has 0 fully saturated rings. The number of benzene rings is 1. The van der Waals surface area contributed by atoms with Crippen LogP contribution in [0.5, 0.6) is 0 Å². The first-order valence-electron chi connectivity index (χ1n) is 6.40. The average molecular weight is 247 g/mol. The number of hydrogen-bond donors (Lipinski definition) is 1. The number of carboxylic acid groups (broad SMARTS) is 1. The van der Waals surface area contributed by atoms with E-state index in [1.807, 2.05) is 18.2 Å². The monoisotopic (exact) mass is 247 g/mol. The molecule has 1 N–H and O–H groups in total. The molecule has 1 aliphatic heterocycles. The van der Waals surface area contributed by atoms with Gasteiger partial charge in [-0.3, -0.25) is 9.69 Å². The summed E-state index contributed by atoms with van der Waals surface area (Å²) < 4.78 is 0. The standard InChI is InChI=1S/C15H21NO2/c1-15(2,3)10-16-9-12-7-5-4-6-11(12)8-13(16)14(17)18/h4-7,13H,8-10H2,1-3H3,(H,17,18). The van der Waals surface area contributed by atoms with Gasteiger partial charge in [-0.1, -0.05) is 45.0 Å². The molecule has 1 aromatic rings. The lowest BCUT2D eigenvalue weighted by Gasteiger charge is -2.38. The van der Waals surface area contributed by atoms with Crippen LogP contribution in [0.15, 0.2) is 24.3 Å². The van der Waals surface area contributed by atoms with Gasteiger partial charge in [-0.25, -0.2) is 0 Å². The lowest BCUT2D eigenvalue weighted by atomic mass is 9.89. The second-order valence-corrected chi connectivity index (χ2v) is 6.29. The zero-order valence-electron chi connectivity index (χ0n) is 11.3. The minimum Gasteiger partial charge on any atom is -0.480 e. The summed E-state index contributed by atoms with van der Waals surface area (Å²) in [6.45, 7) is 7.98. The molecular weight excluding hydrogens is 226 g/mol. The summed E-state index contributed by atoms with van der Waals surface area (Å²) in [5.41, 5.74) is 2.55. The summed E-state index contributed by atoms with van der Waals surface area (Å²) in [6.07, 6.45) is 0.613. The van der Waals surface area contributed by atoms with Crippen molar-refractivity contribution >= 4 is 5.97 Å². The smallest absolute Gasteiger partial charge is 0.321 e. The van der Waals surface area contributed by atoms with E-state index in [1.54, 1.807) is 0 Å². The minimum atomic E-state index is -0.714. The maximum atomic E-state index is 11.4. The lowest BCUT2D eigenvalue weighted by molar-refractivity contribution is -0.144. The van der Waals surface area contributed by atoms with E-state index in [2.05, 4.69) is 31.7 Å². The maximum absolute atomic E-state index is 11.4. The van der Waals surface area contributed by atoms with Gasteiger partial charge in [0.2, 0.25) is 0 Å². The van der Waals surface area contributed by atoms with Gasteiger partial charge in [0.05, 0.1) is 0 Å². The molecule has 1 atom stereocenters. The van der Waals surface area contributed by atoms with Gasteiger partial charge in [-0.05, 0) is 23.0 Å². The fourth-order valence-electron chi connectivity index (χ4n) is 2.60. The Labute approximate surface area is 108 Å². The third-order valence-electron chi connectivity index (χ3n) is 3.31. The molecule has 1 unspecified atom stereocenters. The normalized spacial score (nSPS) is 20.5. The van der Waals surface area contributed by atoms with Crippen LogP contribution < -0.4 is 0 Å².